The summed E-state index contributed by atoms with van der Waals surface area (Å²) in [6.45, 7) is 5.56. The molecule has 0 saturated carbocycles. The zero-order valence-corrected chi connectivity index (χ0v) is 16.1. The summed E-state index contributed by atoms with van der Waals surface area (Å²) in [7, 11) is 0. The second-order valence-electron chi connectivity index (χ2n) is 6.98. The van der Waals surface area contributed by atoms with Crippen LogP contribution in [0.1, 0.15) is 11.4 Å². The summed E-state index contributed by atoms with van der Waals surface area (Å²) in [4.78, 5) is 21.4. The van der Waals surface area contributed by atoms with Crippen molar-refractivity contribution in [2.24, 2.45) is 0 Å². The molecule has 1 saturated heterocycles. The number of hydrogen-bond donors (Lipinski definition) is 0. The minimum atomic E-state index is -2.55. The number of hydrogen-bond acceptors (Lipinski definition) is 7. The Hall–Kier alpha value is -2.94. The highest BCUT2D eigenvalue weighted by Gasteiger charge is 2.19. The molecule has 0 radical (unpaired) electrons. The molecule has 0 bridgehead atoms. The lowest BCUT2D eigenvalue weighted by molar-refractivity contribution is 0.0804. The zero-order chi connectivity index (χ0) is 20.2. The van der Waals surface area contributed by atoms with E-state index in [0.29, 0.717) is 10.9 Å². The lowest BCUT2D eigenvalue weighted by Gasteiger charge is -2.36. The topological polar surface area (TPSA) is 67.3 Å². The predicted molar refractivity (Wildman–Crippen MR) is 105 cm³/mol. The molecule has 3 heterocycles. The van der Waals surface area contributed by atoms with Gasteiger partial charge in [-0.1, -0.05) is 0 Å². The number of nitrogens with zero attached hydrogens (tertiary/aromatic N) is 6. The third-order valence-electron chi connectivity index (χ3n) is 4.91. The van der Waals surface area contributed by atoms with Crippen molar-refractivity contribution in [1.82, 2.24) is 24.8 Å². The first-order valence-electron chi connectivity index (χ1n) is 9.49. The maximum absolute atomic E-state index is 12.5. The molecule has 0 aliphatic carbocycles. The molecule has 0 amide bonds. The van der Waals surface area contributed by atoms with Gasteiger partial charge < -0.3 is 9.64 Å². The van der Waals surface area contributed by atoms with Crippen LogP contribution >= 0.6 is 0 Å². The van der Waals surface area contributed by atoms with E-state index in [4.69, 9.17) is 4.74 Å². The average molecular weight is 400 g/mol. The maximum atomic E-state index is 12.5. The standard InChI is InChI=1S/C20H22F2N6O/c1-14-23-9-15(10-24-14)11-27-4-6-28(7-5-27)16-2-3-18-17(8-16)20(26-13-25-18)29-12-19(21)22/h2-3,8-10,13,19H,4-7,11-12H2,1H3. The third-order valence-corrected chi connectivity index (χ3v) is 4.91. The first-order chi connectivity index (χ1) is 14.1. The van der Waals surface area contributed by atoms with Crippen LogP contribution in [-0.4, -0.2) is 64.0 Å². The van der Waals surface area contributed by atoms with Crippen molar-refractivity contribution >= 4 is 16.6 Å². The number of benzene rings is 1. The van der Waals surface area contributed by atoms with Gasteiger partial charge in [0, 0.05) is 56.4 Å². The van der Waals surface area contributed by atoms with Crippen LogP contribution in [0.4, 0.5) is 14.5 Å². The van der Waals surface area contributed by atoms with Gasteiger partial charge in [0.15, 0.2) is 6.61 Å². The lowest BCUT2D eigenvalue weighted by atomic mass is 10.1. The molecule has 152 valence electrons. The van der Waals surface area contributed by atoms with Crippen LogP contribution in [0, 0.1) is 6.92 Å². The fraction of sp³-hybridized carbons (Fsp3) is 0.400. The number of fused-ring (bicyclic) bond motifs is 1. The fourth-order valence-electron chi connectivity index (χ4n) is 3.40. The summed E-state index contributed by atoms with van der Waals surface area (Å²) in [5, 5.41) is 0.643. The zero-order valence-electron chi connectivity index (χ0n) is 16.1. The van der Waals surface area contributed by atoms with Gasteiger partial charge in [0.05, 0.1) is 10.9 Å². The van der Waals surface area contributed by atoms with Gasteiger partial charge in [0.1, 0.15) is 12.2 Å². The van der Waals surface area contributed by atoms with E-state index < -0.39 is 13.0 Å². The van der Waals surface area contributed by atoms with Crippen LogP contribution in [0.5, 0.6) is 5.88 Å². The number of alkyl halides is 2. The van der Waals surface area contributed by atoms with E-state index in [0.717, 1.165) is 49.8 Å². The molecule has 1 fully saturated rings. The molecule has 2 aromatic heterocycles. The van der Waals surface area contributed by atoms with Gasteiger partial charge >= 0.3 is 0 Å². The quantitative estimate of drug-likeness (QED) is 0.630. The first-order valence-corrected chi connectivity index (χ1v) is 9.49. The summed E-state index contributed by atoms with van der Waals surface area (Å²) in [6.07, 6.45) is 2.53. The molecule has 1 aliphatic rings. The number of aromatic nitrogens is 4. The van der Waals surface area contributed by atoms with E-state index in [-0.39, 0.29) is 5.88 Å². The highest BCUT2D eigenvalue weighted by atomic mass is 19.3. The molecule has 7 nitrogen and oxygen atoms in total. The minimum absolute atomic E-state index is 0.190. The number of halogens is 2. The number of aryl methyl sites for hydroxylation is 1. The third kappa shape index (κ3) is 4.73. The average Bonchev–Trinajstić information content (AvgIpc) is 2.74. The van der Waals surface area contributed by atoms with Gasteiger partial charge in [0.2, 0.25) is 5.88 Å². The van der Waals surface area contributed by atoms with Crippen molar-refractivity contribution in [3.8, 4) is 5.88 Å². The van der Waals surface area contributed by atoms with Crippen molar-refractivity contribution in [2.45, 2.75) is 19.9 Å². The Balaban J connectivity index is 1.43. The van der Waals surface area contributed by atoms with Gasteiger partial charge in [-0.25, -0.2) is 28.7 Å². The molecule has 9 heteroatoms. The number of rotatable bonds is 6. The minimum Gasteiger partial charge on any atom is -0.471 e. The SMILES string of the molecule is Cc1ncc(CN2CCN(c3ccc4ncnc(OCC(F)F)c4c3)CC2)cn1. The molecule has 0 atom stereocenters. The Bertz CT molecular complexity index is 961. The molecular formula is C20H22F2N6O. The number of ether oxygens (including phenoxy) is 1. The predicted octanol–water partition coefficient (Wildman–Crippen LogP) is 2.69. The van der Waals surface area contributed by atoms with Crippen LogP contribution in [0.2, 0.25) is 0 Å². The molecule has 1 aromatic carbocycles. The van der Waals surface area contributed by atoms with Crippen LogP contribution < -0.4 is 9.64 Å². The highest BCUT2D eigenvalue weighted by Crippen LogP contribution is 2.27. The van der Waals surface area contributed by atoms with E-state index in [1.165, 1.54) is 6.33 Å². The molecule has 0 unspecified atom stereocenters. The number of piperazine rings is 1. The maximum Gasteiger partial charge on any atom is 0.272 e. The van der Waals surface area contributed by atoms with Crippen molar-refractivity contribution in [3.05, 3.63) is 48.3 Å². The van der Waals surface area contributed by atoms with Gasteiger partial charge in [-0.15, -0.1) is 0 Å². The second-order valence-corrected chi connectivity index (χ2v) is 6.98. The number of anilines is 1. The van der Waals surface area contributed by atoms with Gasteiger partial charge in [-0.2, -0.15) is 0 Å². The van der Waals surface area contributed by atoms with E-state index >= 15 is 0 Å². The lowest BCUT2D eigenvalue weighted by Crippen LogP contribution is -2.46. The Kier molecular flexibility index (Phi) is 5.75. The summed E-state index contributed by atoms with van der Waals surface area (Å²) >= 11 is 0. The summed E-state index contributed by atoms with van der Waals surface area (Å²) in [5.74, 6) is 0.964. The molecular weight excluding hydrogens is 378 g/mol. The van der Waals surface area contributed by atoms with Gasteiger partial charge in [0.25, 0.3) is 6.43 Å². The smallest absolute Gasteiger partial charge is 0.272 e. The van der Waals surface area contributed by atoms with Crippen LogP contribution in [0.15, 0.2) is 36.9 Å². The van der Waals surface area contributed by atoms with Gasteiger partial charge in [-0.05, 0) is 25.1 Å². The van der Waals surface area contributed by atoms with Crippen LogP contribution in [0.25, 0.3) is 10.9 Å². The Morgan fingerprint density at radius 2 is 1.79 bits per heavy atom. The van der Waals surface area contributed by atoms with Crippen molar-refractivity contribution in [2.75, 3.05) is 37.7 Å². The van der Waals surface area contributed by atoms with E-state index in [1.54, 1.807) is 0 Å². The van der Waals surface area contributed by atoms with Gasteiger partial charge in [-0.3, -0.25) is 4.90 Å². The normalized spacial score (nSPS) is 15.2. The molecule has 0 N–H and O–H groups in total. The Morgan fingerprint density at radius 1 is 1.03 bits per heavy atom. The van der Waals surface area contributed by atoms with E-state index in [2.05, 4.69) is 29.7 Å². The second kappa shape index (κ2) is 8.60. The van der Waals surface area contributed by atoms with Crippen LogP contribution in [0.3, 0.4) is 0 Å². The molecule has 0 spiro atoms. The van der Waals surface area contributed by atoms with E-state index in [1.807, 2.05) is 37.5 Å². The van der Waals surface area contributed by atoms with E-state index in [9.17, 15) is 8.78 Å². The highest BCUT2D eigenvalue weighted by molar-refractivity contribution is 5.86. The first kappa shape index (κ1) is 19.4. The largest absolute Gasteiger partial charge is 0.471 e. The fourth-order valence-corrected chi connectivity index (χ4v) is 3.40. The monoisotopic (exact) mass is 400 g/mol. The Labute approximate surface area is 167 Å². The van der Waals surface area contributed by atoms with Crippen molar-refractivity contribution < 1.29 is 13.5 Å². The molecule has 4 rings (SSSR count). The molecule has 1 aliphatic heterocycles. The van der Waals surface area contributed by atoms with Crippen LogP contribution in [-0.2, 0) is 6.54 Å². The molecule has 29 heavy (non-hydrogen) atoms. The summed E-state index contributed by atoms with van der Waals surface area (Å²) in [6, 6.07) is 5.78. The van der Waals surface area contributed by atoms with Crippen molar-refractivity contribution in [1.29, 1.82) is 0 Å². The summed E-state index contributed by atoms with van der Waals surface area (Å²) in [5.41, 5.74) is 2.78. The molecule has 3 aromatic rings. The Morgan fingerprint density at radius 3 is 2.52 bits per heavy atom. The van der Waals surface area contributed by atoms with Crippen molar-refractivity contribution in [3.63, 3.8) is 0 Å². The summed E-state index contributed by atoms with van der Waals surface area (Å²) < 4.78 is 30.2.